The van der Waals surface area contributed by atoms with Crippen molar-refractivity contribution in [1.29, 1.82) is 0 Å². The van der Waals surface area contributed by atoms with Crippen molar-refractivity contribution in [3.8, 4) is 5.75 Å². The third-order valence-corrected chi connectivity index (χ3v) is 4.48. The van der Waals surface area contributed by atoms with Gasteiger partial charge in [-0.25, -0.2) is 0 Å². The number of aryl methyl sites for hydroxylation is 1. The van der Waals surface area contributed by atoms with E-state index in [0.717, 1.165) is 49.0 Å². The van der Waals surface area contributed by atoms with Crippen LogP contribution in [0.15, 0.2) is 18.2 Å². The average molecular weight is 343 g/mol. The molecule has 1 fully saturated rings. The molecule has 1 heterocycles. The topological polar surface area (TPSA) is 32.1 Å². The van der Waals surface area contributed by atoms with E-state index >= 15 is 0 Å². The minimum Gasteiger partial charge on any atom is -0.491 e. The van der Waals surface area contributed by atoms with Crippen molar-refractivity contribution in [3.63, 3.8) is 0 Å². The van der Waals surface area contributed by atoms with Gasteiger partial charge in [-0.05, 0) is 44.0 Å². The van der Waals surface area contributed by atoms with Crippen LogP contribution < -0.4 is 9.64 Å². The molecule has 23 heavy (non-hydrogen) atoms. The van der Waals surface area contributed by atoms with Crippen LogP contribution in [-0.2, 0) is 15.9 Å². The number of rotatable bonds is 8. The molecule has 5 heteroatoms. The summed E-state index contributed by atoms with van der Waals surface area (Å²) in [5, 5.41) is 0.799. The Labute approximate surface area is 144 Å². The number of ether oxygens (including phenoxy) is 3. The van der Waals surface area contributed by atoms with Crippen molar-refractivity contribution in [2.24, 2.45) is 0 Å². The first-order valence-electron chi connectivity index (χ1n) is 8.56. The molecule has 0 aliphatic carbocycles. The second-order valence-corrected chi connectivity index (χ2v) is 6.64. The molecular formula is C18H29ClNO3+. The number of hydrogen-bond acceptors (Lipinski definition) is 3. The molecule has 0 spiro atoms. The fraction of sp³-hybridized carbons (Fsp3) is 0.667. The van der Waals surface area contributed by atoms with E-state index in [-0.39, 0.29) is 0 Å². The van der Waals surface area contributed by atoms with Gasteiger partial charge in [0.05, 0.1) is 13.2 Å². The van der Waals surface area contributed by atoms with Gasteiger partial charge < -0.3 is 19.1 Å². The number of nitrogens with one attached hydrogen (secondary N) is 1. The molecule has 0 saturated carbocycles. The summed E-state index contributed by atoms with van der Waals surface area (Å²) >= 11 is 6.10. The first-order valence-corrected chi connectivity index (χ1v) is 8.94. The standard InChI is InChI=1S/C18H28ClNO3/c1-4-16-11-17(5-6-18(16)19)22-10-9-21-8-7-20-12-14(2)23-15(3)13-20/h5-6,11,14-15H,4,7-10,12-13H2,1-3H3/p+1/t14-,15-/m1/s1. The highest BCUT2D eigenvalue weighted by molar-refractivity contribution is 6.31. The van der Waals surface area contributed by atoms with Crippen LogP contribution in [0, 0.1) is 0 Å². The maximum absolute atomic E-state index is 6.10. The molecule has 1 aromatic carbocycles. The predicted molar refractivity (Wildman–Crippen MR) is 92.7 cm³/mol. The maximum Gasteiger partial charge on any atom is 0.119 e. The SMILES string of the molecule is CCc1cc(OCCOCC[NH+]2C[C@@H](C)O[C@H](C)C2)ccc1Cl. The molecule has 0 bridgehead atoms. The van der Waals surface area contributed by atoms with Crippen molar-refractivity contribution >= 4 is 11.6 Å². The van der Waals surface area contributed by atoms with Crippen molar-refractivity contribution in [2.45, 2.75) is 39.4 Å². The predicted octanol–water partition coefficient (Wildman–Crippen LogP) is 1.99. The largest absolute Gasteiger partial charge is 0.491 e. The lowest BCUT2D eigenvalue weighted by Crippen LogP contribution is -3.15. The summed E-state index contributed by atoms with van der Waals surface area (Å²) in [5.74, 6) is 0.858. The van der Waals surface area contributed by atoms with Gasteiger partial charge in [-0.1, -0.05) is 18.5 Å². The molecule has 2 atom stereocenters. The molecule has 2 rings (SSSR count). The Hall–Kier alpha value is -0.810. The van der Waals surface area contributed by atoms with E-state index in [1.54, 1.807) is 4.90 Å². The van der Waals surface area contributed by atoms with Crippen molar-refractivity contribution < 1.29 is 19.1 Å². The Kier molecular flexibility index (Phi) is 7.63. The van der Waals surface area contributed by atoms with E-state index in [1.807, 2.05) is 18.2 Å². The molecule has 1 N–H and O–H groups in total. The first-order chi connectivity index (χ1) is 11.1. The van der Waals surface area contributed by atoms with Crippen LogP contribution in [0.3, 0.4) is 0 Å². The third kappa shape index (κ3) is 6.30. The number of benzene rings is 1. The minimum atomic E-state index is 0.342. The number of hydrogen-bond donors (Lipinski definition) is 1. The molecule has 4 nitrogen and oxygen atoms in total. The normalized spacial score (nSPS) is 24.6. The highest BCUT2D eigenvalue weighted by Crippen LogP contribution is 2.22. The highest BCUT2D eigenvalue weighted by atomic mass is 35.5. The molecule has 0 unspecified atom stereocenters. The Morgan fingerprint density at radius 3 is 2.61 bits per heavy atom. The zero-order valence-electron chi connectivity index (χ0n) is 14.4. The summed E-state index contributed by atoms with van der Waals surface area (Å²) in [5.41, 5.74) is 1.12. The Morgan fingerprint density at radius 1 is 1.17 bits per heavy atom. The van der Waals surface area contributed by atoms with Crippen molar-refractivity contribution in [3.05, 3.63) is 28.8 Å². The van der Waals surface area contributed by atoms with Gasteiger partial charge in [0, 0.05) is 5.02 Å². The highest BCUT2D eigenvalue weighted by Gasteiger charge is 2.24. The lowest BCUT2D eigenvalue weighted by atomic mass is 10.1. The molecular weight excluding hydrogens is 314 g/mol. The second-order valence-electron chi connectivity index (χ2n) is 6.23. The van der Waals surface area contributed by atoms with E-state index in [9.17, 15) is 0 Å². The molecule has 130 valence electrons. The van der Waals surface area contributed by atoms with E-state index < -0.39 is 0 Å². The molecule has 1 aliphatic rings. The summed E-state index contributed by atoms with van der Waals surface area (Å²) in [6.45, 7) is 11.5. The zero-order valence-corrected chi connectivity index (χ0v) is 15.2. The van der Waals surface area contributed by atoms with E-state index in [1.165, 1.54) is 0 Å². The molecule has 1 aliphatic heterocycles. The van der Waals surface area contributed by atoms with E-state index in [0.29, 0.717) is 25.4 Å². The molecule has 0 amide bonds. The Bertz CT molecular complexity index is 473. The van der Waals surface area contributed by atoms with Crippen LogP contribution in [0.1, 0.15) is 26.3 Å². The second kappa shape index (κ2) is 9.48. The fourth-order valence-corrected chi connectivity index (χ4v) is 3.29. The third-order valence-electron chi connectivity index (χ3n) is 4.11. The Morgan fingerprint density at radius 2 is 1.91 bits per heavy atom. The molecule has 1 aromatic rings. The van der Waals surface area contributed by atoms with E-state index in [4.69, 9.17) is 25.8 Å². The summed E-state index contributed by atoms with van der Waals surface area (Å²) < 4.78 is 17.2. The van der Waals surface area contributed by atoms with Gasteiger partial charge >= 0.3 is 0 Å². The average Bonchev–Trinajstić information content (AvgIpc) is 2.51. The van der Waals surface area contributed by atoms with Gasteiger partial charge in [-0.15, -0.1) is 0 Å². The van der Waals surface area contributed by atoms with Crippen molar-refractivity contribution in [2.75, 3.05) is 39.5 Å². The lowest BCUT2D eigenvalue weighted by Gasteiger charge is -2.32. The lowest BCUT2D eigenvalue weighted by molar-refractivity contribution is -0.915. The van der Waals surface area contributed by atoms with Crippen LogP contribution in [0.2, 0.25) is 5.02 Å². The smallest absolute Gasteiger partial charge is 0.119 e. The molecule has 0 aromatic heterocycles. The van der Waals surface area contributed by atoms with Crippen LogP contribution in [0.5, 0.6) is 5.75 Å². The Balaban J connectivity index is 1.59. The number of quaternary nitrogens is 1. The first kappa shape index (κ1) is 18.5. The molecule has 1 saturated heterocycles. The molecule has 0 radical (unpaired) electrons. The van der Waals surface area contributed by atoms with Crippen LogP contribution >= 0.6 is 11.6 Å². The summed E-state index contributed by atoms with van der Waals surface area (Å²) in [4.78, 5) is 1.56. The quantitative estimate of drug-likeness (QED) is 0.733. The van der Waals surface area contributed by atoms with Crippen molar-refractivity contribution in [1.82, 2.24) is 0 Å². The van der Waals surface area contributed by atoms with Crippen LogP contribution in [0.4, 0.5) is 0 Å². The van der Waals surface area contributed by atoms with Crippen LogP contribution in [-0.4, -0.2) is 51.7 Å². The number of halogens is 1. The van der Waals surface area contributed by atoms with Gasteiger partial charge in [0.15, 0.2) is 0 Å². The maximum atomic E-state index is 6.10. The summed E-state index contributed by atoms with van der Waals surface area (Å²) in [6, 6.07) is 5.80. The van der Waals surface area contributed by atoms with Gasteiger partial charge in [-0.3, -0.25) is 0 Å². The minimum absolute atomic E-state index is 0.342. The summed E-state index contributed by atoms with van der Waals surface area (Å²) in [6.07, 6.45) is 1.59. The van der Waals surface area contributed by atoms with Gasteiger partial charge in [0.25, 0.3) is 0 Å². The van der Waals surface area contributed by atoms with Gasteiger partial charge in [0.2, 0.25) is 0 Å². The fourth-order valence-electron chi connectivity index (χ4n) is 3.04. The monoisotopic (exact) mass is 342 g/mol. The number of morpholine rings is 1. The van der Waals surface area contributed by atoms with E-state index in [2.05, 4.69) is 20.8 Å². The van der Waals surface area contributed by atoms with Crippen LogP contribution in [0.25, 0.3) is 0 Å². The zero-order chi connectivity index (χ0) is 16.7. The van der Waals surface area contributed by atoms with Gasteiger partial charge in [0.1, 0.15) is 44.2 Å². The van der Waals surface area contributed by atoms with Gasteiger partial charge in [-0.2, -0.15) is 0 Å². The summed E-state index contributed by atoms with van der Waals surface area (Å²) in [7, 11) is 0.